The van der Waals surface area contributed by atoms with Crippen LogP contribution < -0.4 is 5.32 Å². The molecular weight excluding hydrogens is 249 g/mol. The van der Waals surface area contributed by atoms with Crippen LogP contribution in [0.5, 0.6) is 0 Å². The molecule has 14 heavy (non-hydrogen) atoms. The maximum atomic E-state index is 12.7. The molecule has 0 radical (unpaired) electrons. The number of halogens is 2. The van der Waals surface area contributed by atoms with Gasteiger partial charge in [-0.2, -0.15) is 0 Å². The summed E-state index contributed by atoms with van der Waals surface area (Å²) in [6.07, 6.45) is 0. The summed E-state index contributed by atoms with van der Waals surface area (Å²) in [6.45, 7) is 5.15. The van der Waals surface area contributed by atoms with Crippen molar-refractivity contribution < 1.29 is 9.18 Å². The van der Waals surface area contributed by atoms with Crippen molar-refractivity contribution in [2.24, 2.45) is 0 Å². The fourth-order valence-corrected chi connectivity index (χ4v) is 1.06. The summed E-state index contributed by atoms with van der Waals surface area (Å²) in [6, 6.07) is 4.16. The zero-order chi connectivity index (χ0) is 10.7. The molecule has 0 spiro atoms. The van der Waals surface area contributed by atoms with Crippen molar-refractivity contribution in [3.8, 4) is 0 Å². The quantitative estimate of drug-likeness (QED) is 0.812. The molecule has 0 heterocycles. The molecule has 1 amide bonds. The minimum atomic E-state index is -0.334. The third-order valence-corrected chi connectivity index (χ3v) is 2.04. The Labute approximate surface area is 89.9 Å². The molecule has 1 aromatic carbocycles. The fourth-order valence-electron chi connectivity index (χ4n) is 0.957. The first-order valence-electron chi connectivity index (χ1n) is 3.92. The minimum Gasteiger partial charge on any atom is -0.321 e. The number of aryl methyl sites for hydroxylation is 1. The summed E-state index contributed by atoms with van der Waals surface area (Å²) in [7, 11) is 0. The van der Waals surface area contributed by atoms with E-state index in [1.54, 1.807) is 6.92 Å². The van der Waals surface area contributed by atoms with Crippen molar-refractivity contribution in [3.63, 3.8) is 0 Å². The SMILES string of the molecule is C=C(Br)C(=O)Nc1ccc(F)cc1C. The van der Waals surface area contributed by atoms with Gasteiger partial charge in [0.15, 0.2) is 0 Å². The molecule has 1 rings (SSSR count). The van der Waals surface area contributed by atoms with E-state index in [1.807, 2.05) is 0 Å². The van der Waals surface area contributed by atoms with Gasteiger partial charge in [-0.1, -0.05) is 6.58 Å². The lowest BCUT2D eigenvalue weighted by atomic mass is 10.2. The fraction of sp³-hybridized carbons (Fsp3) is 0.100. The summed E-state index contributed by atoms with van der Waals surface area (Å²) in [4.78, 5) is 11.2. The van der Waals surface area contributed by atoms with E-state index < -0.39 is 0 Å². The van der Waals surface area contributed by atoms with Gasteiger partial charge < -0.3 is 5.32 Å². The van der Waals surface area contributed by atoms with Gasteiger partial charge in [-0.3, -0.25) is 4.79 Å². The monoisotopic (exact) mass is 257 g/mol. The molecule has 0 bridgehead atoms. The van der Waals surface area contributed by atoms with Gasteiger partial charge in [-0.15, -0.1) is 0 Å². The highest BCUT2D eigenvalue weighted by Crippen LogP contribution is 2.17. The lowest BCUT2D eigenvalue weighted by Crippen LogP contribution is -2.11. The Hall–Kier alpha value is -1.16. The Balaban J connectivity index is 2.87. The highest BCUT2D eigenvalue weighted by molar-refractivity contribution is 9.12. The van der Waals surface area contributed by atoms with Gasteiger partial charge >= 0.3 is 0 Å². The average molecular weight is 258 g/mol. The number of hydrogen-bond acceptors (Lipinski definition) is 1. The van der Waals surface area contributed by atoms with Gasteiger partial charge in [-0.25, -0.2) is 4.39 Å². The van der Waals surface area contributed by atoms with Gasteiger partial charge in [0.05, 0.1) is 4.48 Å². The summed E-state index contributed by atoms with van der Waals surface area (Å²) in [5.41, 5.74) is 1.25. The van der Waals surface area contributed by atoms with E-state index in [0.717, 1.165) is 0 Å². The van der Waals surface area contributed by atoms with Crippen LogP contribution in [0.25, 0.3) is 0 Å². The van der Waals surface area contributed by atoms with E-state index in [9.17, 15) is 9.18 Å². The van der Waals surface area contributed by atoms with E-state index in [4.69, 9.17) is 0 Å². The molecule has 1 N–H and O–H groups in total. The number of amides is 1. The summed E-state index contributed by atoms with van der Waals surface area (Å²) >= 11 is 2.96. The van der Waals surface area contributed by atoms with Crippen LogP contribution >= 0.6 is 15.9 Å². The van der Waals surface area contributed by atoms with Crippen molar-refractivity contribution in [1.29, 1.82) is 0 Å². The van der Waals surface area contributed by atoms with E-state index in [2.05, 4.69) is 27.8 Å². The predicted molar refractivity (Wildman–Crippen MR) is 57.8 cm³/mol. The molecule has 0 unspecified atom stereocenters. The maximum Gasteiger partial charge on any atom is 0.262 e. The second-order valence-corrected chi connectivity index (χ2v) is 3.78. The molecule has 1 aromatic rings. The average Bonchev–Trinajstić information content (AvgIpc) is 2.09. The van der Waals surface area contributed by atoms with E-state index in [1.165, 1.54) is 18.2 Å². The largest absolute Gasteiger partial charge is 0.321 e. The zero-order valence-electron chi connectivity index (χ0n) is 7.60. The Kier molecular flexibility index (Phi) is 3.41. The summed E-state index contributed by atoms with van der Waals surface area (Å²) in [5, 5.41) is 2.58. The first kappa shape index (κ1) is 10.9. The Morgan fingerprint density at radius 3 is 2.71 bits per heavy atom. The lowest BCUT2D eigenvalue weighted by molar-refractivity contribution is -0.112. The number of hydrogen-bond donors (Lipinski definition) is 1. The molecule has 0 aliphatic carbocycles. The number of nitrogens with one attached hydrogen (secondary N) is 1. The molecule has 0 atom stereocenters. The molecule has 0 saturated heterocycles. The van der Waals surface area contributed by atoms with Gasteiger partial charge in [-0.05, 0) is 46.6 Å². The molecule has 0 aliphatic rings. The second-order valence-electron chi connectivity index (χ2n) is 2.82. The number of rotatable bonds is 2. The smallest absolute Gasteiger partial charge is 0.262 e. The minimum absolute atomic E-state index is 0.237. The zero-order valence-corrected chi connectivity index (χ0v) is 9.19. The van der Waals surface area contributed by atoms with Gasteiger partial charge in [0.25, 0.3) is 5.91 Å². The lowest BCUT2D eigenvalue weighted by Gasteiger charge is -2.06. The van der Waals surface area contributed by atoms with Crippen molar-refractivity contribution in [2.45, 2.75) is 6.92 Å². The summed E-state index contributed by atoms with van der Waals surface area (Å²) in [5.74, 6) is -0.655. The highest BCUT2D eigenvalue weighted by atomic mass is 79.9. The van der Waals surface area contributed by atoms with Crippen molar-refractivity contribution in [2.75, 3.05) is 5.32 Å². The van der Waals surface area contributed by atoms with Crippen LogP contribution in [-0.2, 0) is 4.79 Å². The third kappa shape index (κ3) is 2.67. The molecule has 2 nitrogen and oxygen atoms in total. The van der Waals surface area contributed by atoms with Crippen LogP contribution in [0.3, 0.4) is 0 Å². The Bertz CT molecular complexity index is 390. The highest BCUT2D eigenvalue weighted by Gasteiger charge is 2.06. The van der Waals surface area contributed by atoms with Crippen LogP contribution in [0.4, 0.5) is 10.1 Å². The molecule has 0 aromatic heterocycles. The van der Waals surface area contributed by atoms with Crippen LogP contribution in [0.1, 0.15) is 5.56 Å². The van der Waals surface area contributed by atoms with Crippen LogP contribution in [0, 0.1) is 12.7 Å². The van der Waals surface area contributed by atoms with Crippen LogP contribution in [0.15, 0.2) is 29.3 Å². The molecule has 0 fully saturated rings. The van der Waals surface area contributed by atoms with Crippen molar-refractivity contribution in [3.05, 3.63) is 40.6 Å². The molecule has 74 valence electrons. The summed E-state index contributed by atoms with van der Waals surface area (Å²) < 4.78 is 12.9. The van der Waals surface area contributed by atoms with Gasteiger partial charge in [0, 0.05) is 5.69 Å². The standard InChI is InChI=1S/C10H9BrFNO/c1-6-5-8(12)3-4-9(6)13-10(14)7(2)11/h3-5H,2H2,1H3,(H,13,14). The number of anilines is 1. The van der Waals surface area contributed by atoms with Crippen molar-refractivity contribution >= 4 is 27.5 Å². The molecular formula is C10H9BrFNO. The number of carbonyl (C=O) groups excluding carboxylic acids is 1. The van der Waals surface area contributed by atoms with E-state index in [-0.39, 0.29) is 16.2 Å². The maximum absolute atomic E-state index is 12.7. The van der Waals surface area contributed by atoms with Crippen molar-refractivity contribution in [1.82, 2.24) is 0 Å². The topological polar surface area (TPSA) is 29.1 Å². The van der Waals surface area contributed by atoms with E-state index in [0.29, 0.717) is 11.3 Å². The first-order chi connectivity index (χ1) is 6.50. The Morgan fingerprint density at radius 2 is 2.21 bits per heavy atom. The number of carbonyl (C=O) groups is 1. The van der Waals surface area contributed by atoms with E-state index >= 15 is 0 Å². The first-order valence-corrected chi connectivity index (χ1v) is 4.72. The predicted octanol–water partition coefficient (Wildman–Crippen LogP) is 2.98. The van der Waals surface area contributed by atoms with Gasteiger partial charge in [0.2, 0.25) is 0 Å². The third-order valence-electron chi connectivity index (χ3n) is 1.68. The second kappa shape index (κ2) is 4.37. The van der Waals surface area contributed by atoms with Gasteiger partial charge in [0.1, 0.15) is 5.82 Å². The molecule has 0 saturated carbocycles. The Morgan fingerprint density at radius 1 is 1.57 bits per heavy atom. The molecule has 0 aliphatic heterocycles. The number of benzene rings is 1. The molecule has 4 heteroatoms. The normalized spacial score (nSPS) is 9.64. The van der Waals surface area contributed by atoms with Crippen LogP contribution in [-0.4, -0.2) is 5.91 Å². The van der Waals surface area contributed by atoms with Crippen LogP contribution in [0.2, 0.25) is 0 Å².